The van der Waals surface area contributed by atoms with E-state index in [0.717, 1.165) is 0 Å². The molecule has 1 aromatic heterocycles. The van der Waals surface area contributed by atoms with Crippen LogP contribution in [-0.4, -0.2) is 73.1 Å². The molecule has 152 valence electrons. The van der Waals surface area contributed by atoms with Crippen molar-refractivity contribution in [1.82, 2.24) is 14.2 Å². The maximum absolute atomic E-state index is 12.6. The van der Waals surface area contributed by atoms with Gasteiger partial charge in [0, 0.05) is 56.2 Å². The summed E-state index contributed by atoms with van der Waals surface area (Å²) in [6.07, 6.45) is 2.15. The third-order valence-electron chi connectivity index (χ3n) is 4.40. The van der Waals surface area contributed by atoms with E-state index in [2.05, 4.69) is 4.98 Å². The van der Waals surface area contributed by atoms with Crippen LogP contribution in [0, 0.1) is 0 Å². The summed E-state index contributed by atoms with van der Waals surface area (Å²) in [5.41, 5.74) is 0. The number of sulfonamides is 1. The van der Waals surface area contributed by atoms with E-state index < -0.39 is 16.1 Å². The summed E-state index contributed by atoms with van der Waals surface area (Å²) in [5, 5.41) is 11.2. The second-order valence-electron chi connectivity index (χ2n) is 6.43. The smallest absolute Gasteiger partial charge is 0.244 e. The first kappa shape index (κ1) is 21.3. The molecule has 1 aromatic carbocycles. The van der Waals surface area contributed by atoms with Gasteiger partial charge in [-0.25, -0.2) is 8.42 Å². The number of nitrogens with zero attached hydrogens (tertiary/aromatic N) is 3. The fourth-order valence-electron chi connectivity index (χ4n) is 2.93. The molecule has 7 nitrogen and oxygen atoms in total. The van der Waals surface area contributed by atoms with Gasteiger partial charge in [-0.2, -0.15) is 4.31 Å². The number of aliphatic hydroxyl groups is 1. The monoisotopic (exact) mass is 445 g/mol. The van der Waals surface area contributed by atoms with Crippen molar-refractivity contribution in [3.8, 4) is 5.75 Å². The van der Waals surface area contributed by atoms with E-state index in [1.165, 1.54) is 22.8 Å². The Balaban J connectivity index is 1.48. The standard InChI is InChI=1S/C18H21Cl2N3O4S/c19-14-3-4-17(20)18(10-14)27-13-15(24)12-22-6-8-23(9-7-22)28(25,26)16-2-1-5-21-11-16/h1-5,10-11,15,24H,6-9,12-13H2. The maximum atomic E-state index is 12.6. The second-order valence-corrected chi connectivity index (χ2v) is 9.21. The van der Waals surface area contributed by atoms with E-state index in [-0.39, 0.29) is 11.5 Å². The number of benzene rings is 1. The van der Waals surface area contributed by atoms with Gasteiger partial charge in [-0.1, -0.05) is 23.2 Å². The summed E-state index contributed by atoms with van der Waals surface area (Å²) in [5.74, 6) is 0.417. The van der Waals surface area contributed by atoms with Gasteiger partial charge in [0.05, 0.1) is 5.02 Å². The highest BCUT2D eigenvalue weighted by Crippen LogP contribution is 2.27. The second kappa shape index (κ2) is 9.39. The molecule has 0 amide bonds. The first-order valence-corrected chi connectivity index (χ1v) is 10.9. The Morgan fingerprint density at radius 2 is 1.93 bits per heavy atom. The quantitative estimate of drug-likeness (QED) is 0.702. The molecule has 2 aromatic rings. The Hall–Kier alpha value is -1.42. The van der Waals surface area contributed by atoms with Crippen molar-refractivity contribution < 1.29 is 18.3 Å². The topological polar surface area (TPSA) is 83.0 Å². The minimum atomic E-state index is -3.54. The predicted molar refractivity (Wildman–Crippen MR) is 107 cm³/mol. The van der Waals surface area contributed by atoms with Crippen molar-refractivity contribution in [2.75, 3.05) is 39.3 Å². The van der Waals surface area contributed by atoms with Crippen molar-refractivity contribution in [2.24, 2.45) is 0 Å². The van der Waals surface area contributed by atoms with Crippen LogP contribution in [0.15, 0.2) is 47.6 Å². The fraction of sp³-hybridized carbons (Fsp3) is 0.389. The van der Waals surface area contributed by atoms with Gasteiger partial charge in [0.25, 0.3) is 0 Å². The number of halogens is 2. The molecule has 1 unspecified atom stereocenters. The summed E-state index contributed by atoms with van der Waals surface area (Å²) in [7, 11) is -3.54. The summed E-state index contributed by atoms with van der Waals surface area (Å²) in [6.45, 7) is 2.19. The van der Waals surface area contributed by atoms with E-state index in [1.807, 2.05) is 4.90 Å². The summed E-state index contributed by atoms with van der Waals surface area (Å²) >= 11 is 12.0. The Morgan fingerprint density at radius 3 is 2.61 bits per heavy atom. The number of aromatic nitrogens is 1. The van der Waals surface area contributed by atoms with E-state index in [4.69, 9.17) is 27.9 Å². The number of β-amino-alcohol motifs (C(OH)–C–C–N with tert-alkyl or cyclic N) is 1. The highest BCUT2D eigenvalue weighted by molar-refractivity contribution is 7.89. The third-order valence-corrected chi connectivity index (χ3v) is 6.83. The average Bonchev–Trinajstić information content (AvgIpc) is 2.70. The SMILES string of the molecule is O=S(=O)(c1cccnc1)N1CCN(CC(O)COc2cc(Cl)ccc2Cl)CC1. The van der Waals surface area contributed by atoms with Crippen molar-refractivity contribution in [3.63, 3.8) is 0 Å². The molecule has 1 aliphatic heterocycles. The van der Waals surface area contributed by atoms with Gasteiger partial charge in [0.1, 0.15) is 23.4 Å². The highest BCUT2D eigenvalue weighted by Gasteiger charge is 2.29. The largest absolute Gasteiger partial charge is 0.489 e. The molecule has 1 fully saturated rings. The van der Waals surface area contributed by atoms with Crippen LogP contribution in [0.1, 0.15) is 0 Å². The fourth-order valence-corrected chi connectivity index (χ4v) is 4.65. The number of hydrogen-bond acceptors (Lipinski definition) is 6. The molecule has 2 heterocycles. The number of piperazine rings is 1. The lowest BCUT2D eigenvalue weighted by atomic mass is 10.3. The van der Waals surface area contributed by atoms with Crippen molar-refractivity contribution in [3.05, 3.63) is 52.8 Å². The van der Waals surface area contributed by atoms with Crippen molar-refractivity contribution in [1.29, 1.82) is 0 Å². The van der Waals surface area contributed by atoms with E-state index in [0.29, 0.717) is 48.5 Å². The third kappa shape index (κ3) is 5.34. The Bertz CT molecular complexity index is 891. The zero-order valence-corrected chi connectivity index (χ0v) is 17.4. The predicted octanol–water partition coefficient (Wildman–Crippen LogP) is 2.13. The molecule has 0 radical (unpaired) electrons. The van der Waals surface area contributed by atoms with Crippen molar-refractivity contribution in [2.45, 2.75) is 11.0 Å². The first-order valence-electron chi connectivity index (χ1n) is 8.75. The molecule has 1 atom stereocenters. The van der Waals surface area contributed by atoms with Gasteiger partial charge in [0.15, 0.2) is 0 Å². The van der Waals surface area contributed by atoms with Gasteiger partial charge < -0.3 is 9.84 Å². The molecule has 3 rings (SSSR count). The summed E-state index contributed by atoms with van der Waals surface area (Å²) in [6, 6.07) is 8.03. The van der Waals surface area contributed by atoms with Crippen molar-refractivity contribution >= 4 is 33.2 Å². The number of ether oxygens (including phenoxy) is 1. The van der Waals surface area contributed by atoms with Crippen LogP contribution in [0.25, 0.3) is 0 Å². The molecular weight excluding hydrogens is 425 g/mol. The minimum absolute atomic E-state index is 0.0637. The molecule has 0 saturated carbocycles. The number of pyridine rings is 1. The molecular formula is C18H21Cl2N3O4S. The Labute approximate surface area is 174 Å². The van der Waals surface area contributed by atoms with Gasteiger partial charge in [-0.3, -0.25) is 9.88 Å². The maximum Gasteiger partial charge on any atom is 0.244 e. The van der Waals surface area contributed by atoms with Crippen LogP contribution in [-0.2, 0) is 10.0 Å². The Kier molecular flexibility index (Phi) is 7.14. The first-order chi connectivity index (χ1) is 13.4. The molecule has 0 aliphatic carbocycles. The molecule has 1 N–H and O–H groups in total. The summed E-state index contributed by atoms with van der Waals surface area (Å²) < 4.78 is 32.2. The Morgan fingerprint density at radius 1 is 1.18 bits per heavy atom. The molecule has 1 aliphatic rings. The van der Waals surface area contributed by atoms with Gasteiger partial charge in [0.2, 0.25) is 10.0 Å². The molecule has 1 saturated heterocycles. The van der Waals surface area contributed by atoms with Gasteiger partial charge in [-0.05, 0) is 24.3 Å². The molecule has 0 spiro atoms. The molecule has 0 bridgehead atoms. The molecule has 28 heavy (non-hydrogen) atoms. The van der Waals surface area contributed by atoms with Crippen LogP contribution in [0.3, 0.4) is 0 Å². The van der Waals surface area contributed by atoms with Crippen LogP contribution in [0.5, 0.6) is 5.75 Å². The zero-order chi connectivity index (χ0) is 20.1. The zero-order valence-electron chi connectivity index (χ0n) is 15.0. The van der Waals surface area contributed by atoms with E-state index >= 15 is 0 Å². The van der Waals surface area contributed by atoms with Gasteiger partial charge >= 0.3 is 0 Å². The van der Waals surface area contributed by atoms with E-state index in [9.17, 15) is 13.5 Å². The van der Waals surface area contributed by atoms with Gasteiger partial charge in [-0.15, -0.1) is 0 Å². The molecule has 10 heteroatoms. The van der Waals surface area contributed by atoms with Crippen LogP contribution >= 0.6 is 23.2 Å². The van der Waals surface area contributed by atoms with Crippen LogP contribution in [0.2, 0.25) is 10.0 Å². The van der Waals surface area contributed by atoms with E-state index in [1.54, 1.807) is 24.3 Å². The lowest BCUT2D eigenvalue weighted by Gasteiger charge is -2.34. The normalized spacial score (nSPS) is 17.4. The van der Waals surface area contributed by atoms with Crippen LogP contribution < -0.4 is 4.74 Å². The number of hydrogen-bond donors (Lipinski definition) is 1. The minimum Gasteiger partial charge on any atom is -0.489 e. The lowest BCUT2D eigenvalue weighted by Crippen LogP contribution is -2.50. The number of rotatable bonds is 7. The van der Waals surface area contributed by atoms with Crippen LogP contribution in [0.4, 0.5) is 0 Å². The number of aliphatic hydroxyl groups excluding tert-OH is 1. The summed E-state index contributed by atoms with van der Waals surface area (Å²) in [4.78, 5) is 6.07. The average molecular weight is 446 g/mol. The lowest BCUT2D eigenvalue weighted by molar-refractivity contribution is 0.0569. The highest BCUT2D eigenvalue weighted by atomic mass is 35.5.